The van der Waals surface area contributed by atoms with Gasteiger partial charge in [0.1, 0.15) is 0 Å². The number of rotatable bonds is 6. The fourth-order valence-corrected chi connectivity index (χ4v) is 2.57. The van der Waals surface area contributed by atoms with E-state index in [-0.39, 0.29) is 11.9 Å². The zero-order valence-corrected chi connectivity index (χ0v) is 13.3. The number of nitrogens with one attached hydrogen (secondary N) is 1. The van der Waals surface area contributed by atoms with Crippen LogP contribution in [-0.2, 0) is 18.4 Å². The van der Waals surface area contributed by atoms with Gasteiger partial charge in [0.2, 0.25) is 5.91 Å². The molecule has 1 aromatic carbocycles. The molecule has 2 aromatic rings. The summed E-state index contributed by atoms with van der Waals surface area (Å²) >= 11 is 0. The molecule has 21 heavy (non-hydrogen) atoms. The van der Waals surface area contributed by atoms with Gasteiger partial charge >= 0.3 is 0 Å². The lowest BCUT2D eigenvalue weighted by Gasteiger charge is -2.23. The molecule has 1 aromatic heterocycles. The van der Waals surface area contributed by atoms with Crippen LogP contribution in [0.15, 0.2) is 24.3 Å². The number of nitrogens with zero attached hydrogens (tertiary/aromatic N) is 3. The van der Waals surface area contributed by atoms with Gasteiger partial charge in [-0.1, -0.05) is 18.2 Å². The Bertz CT molecular complexity index is 616. The Morgan fingerprint density at radius 3 is 2.67 bits per heavy atom. The number of para-hydroxylation sites is 1. The highest BCUT2D eigenvalue weighted by Gasteiger charge is 2.18. The monoisotopic (exact) mass is 288 g/mol. The summed E-state index contributed by atoms with van der Waals surface area (Å²) in [5.74, 6) is 0.139. The molecule has 1 heterocycles. The normalized spacial score (nSPS) is 12.6. The third kappa shape index (κ3) is 3.24. The number of hydrogen-bond acceptors (Lipinski definition) is 3. The smallest absolute Gasteiger partial charge is 0.239 e. The molecule has 0 saturated heterocycles. The highest BCUT2D eigenvalue weighted by molar-refractivity contribution is 5.83. The highest BCUT2D eigenvalue weighted by Crippen LogP contribution is 2.17. The highest BCUT2D eigenvalue weighted by atomic mass is 16.2. The fourth-order valence-electron chi connectivity index (χ4n) is 2.57. The second-order valence-corrected chi connectivity index (χ2v) is 5.20. The molecule has 0 aliphatic rings. The lowest BCUT2D eigenvalue weighted by atomic mass is 10.2. The molecule has 0 aliphatic heterocycles. The van der Waals surface area contributed by atoms with Crippen LogP contribution in [0.2, 0.25) is 0 Å². The molecular formula is C16H24N4O. The molecular weight excluding hydrogens is 264 g/mol. The molecule has 0 radical (unpaired) electrons. The summed E-state index contributed by atoms with van der Waals surface area (Å²) in [6, 6.07) is 7.93. The van der Waals surface area contributed by atoms with Crippen molar-refractivity contribution in [2.75, 3.05) is 13.1 Å². The molecule has 0 fully saturated rings. The van der Waals surface area contributed by atoms with E-state index in [1.54, 1.807) is 0 Å². The molecule has 114 valence electrons. The summed E-state index contributed by atoms with van der Waals surface area (Å²) in [6.45, 7) is 7.99. The van der Waals surface area contributed by atoms with E-state index in [4.69, 9.17) is 0 Å². The lowest BCUT2D eigenvalue weighted by molar-refractivity contribution is -0.132. The number of aryl methyl sites for hydroxylation is 1. The van der Waals surface area contributed by atoms with Crippen molar-refractivity contribution in [3.63, 3.8) is 0 Å². The van der Waals surface area contributed by atoms with E-state index in [0.717, 1.165) is 29.7 Å². The van der Waals surface area contributed by atoms with Gasteiger partial charge in [0.25, 0.3) is 0 Å². The first-order chi connectivity index (χ1) is 10.1. The zero-order chi connectivity index (χ0) is 15.4. The lowest BCUT2D eigenvalue weighted by Crippen LogP contribution is -2.44. The Morgan fingerprint density at radius 1 is 1.33 bits per heavy atom. The van der Waals surface area contributed by atoms with Crippen LogP contribution in [-0.4, -0.2) is 39.7 Å². The average molecular weight is 288 g/mol. The summed E-state index contributed by atoms with van der Waals surface area (Å²) in [4.78, 5) is 14.1. The second-order valence-electron chi connectivity index (χ2n) is 5.20. The Labute approximate surface area is 125 Å². The molecule has 5 nitrogen and oxygen atoms in total. The zero-order valence-electron chi connectivity index (χ0n) is 13.3. The quantitative estimate of drug-likeness (QED) is 0.883. The van der Waals surface area contributed by atoms with Gasteiger partial charge in [0.05, 0.1) is 17.3 Å². The first-order valence-corrected chi connectivity index (χ1v) is 7.51. The van der Waals surface area contributed by atoms with E-state index in [1.807, 2.05) is 49.5 Å². The largest absolute Gasteiger partial charge is 0.342 e. The van der Waals surface area contributed by atoms with Crippen LogP contribution in [0.4, 0.5) is 0 Å². The average Bonchev–Trinajstić information content (AvgIpc) is 2.83. The van der Waals surface area contributed by atoms with Gasteiger partial charge in [0.15, 0.2) is 0 Å². The molecule has 1 unspecified atom stereocenters. The topological polar surface area (TPSA) is 50.2 Å². The number of likely N-dealkylation sites (N-methyl/N-ethyl adjacent to an activating group) is 1. The van der Waals surface area contributed by atoms with Gasteiger partial charge in [0, 0.05) is 32.1 Å². The van der Waals surface area contributed by atoms with Crippen molar-refractivity contribution >= 4 is 16.8 Å². The molecule has 1 atom stereocenters. The predicted molar refractivity (Wildman–Crippen MR) is 84.9 cm³/mol. The summed E-state index contributed by atoms with van der Waals surface area (Å²) in [5.41, 5.74) is 2.09. The first kappa shape index (κ1) is 15.5. The Kier molecular flexibility index (Phi) is 4.96. The summed E-state index contributed by atoms with van der Waals surface area (Å²) in [6.07, 6.45) is 0. The second kappa shape index (κ2) is 6.72. The predicted octanol–water partition coefficient (Wildman–Crippen LogP) is 1.92. The van der Waals surface area contributed by atoms with Crippen molar-refractivity contribution in [1.82, 2.24) is 20.0 Å². The number of fused-ring (bicyclic) bond motifs is 1. The number of hydrogen-bond donors (Lipinski definition) is 1. The maximum absolute atomic E-state index is 12.2. The third-order valence-corrected chi connectivity index (χ3v) is 3.86. The van der Waals surface area contributed by atoms with Gasteiger partial charge in [-0.3, -0.25) is 9.48 Å². The van der Waals surface area contributed by atoms with Crippen LogP contribution in [0.3, 0.4) is 0 Å². The number of benzene rings is 1. The molecule has 1 amide bonds. The van der Waals surface area contributed by atoms with E-state index < -0.39 is 0 Å². The molecule has 0 aliphatic carbocycles. The Hall–Kier alpha value is -1.88. The minimum Gasteiger partial charge on any atom is -0.342 e. The van der Waals surface area contributed by atoms with Gasteiger partial charge < -0.3 is 10.2 Å². The van der Waals surface area contributed by atoms with E-state index in [9.17, 15) is 4.79 Å². The van der Waals surface area contributed by atoms with E-state index in [1.165, 1.54) is 0 Å². The summed E-state index contributed by atoms with van der Waals surface area (Å²) in [7, 11) is 1.94. The van der Waals surface area contributed by atoms with Gasteiger partial charge in [-0.15, -0.1) is 0 Å². The van der Waals surface area contributed by atoms with Crippen molar-refractivity contribution in [2.24, 2.45) is 7.05 Å². The number of aromatic nitrogens is 2. The SMILES string of the molecule is CCN(CC)C(=O)C(C)NCc1nn(C)c2ccccc12. The standard InChI is InChI=1S/C16H24N4O/c1-5-20(6-2)16(21)12(3)17-11-14-13-9-7-8-10-15(13)19(4)18-14/h7-10,12,17H,5-6,11H2,1-4H3. The molecule has 2 rings (SSSR count). The third-order valence-electron chi connectivity index (χ3n) is 3.86. The van der Waals surface area contributed by atoms with Crippen LogP contribution in [0, 0.1) is 0 Å². The molecule has 5 heteroatoms. The van der Waals surface area contributed by atoms with Crippen LogP contribution >= 0.6 is 0 Å². The summed E-state index contributed by atoms with van der Waals surface area (Å²) < 4.78 is 1.88. The molecule has 0 spiro atoms. The fraction of sp³-hybridized carbons (Fsp3) is 0.500. The maximum Gasteiger partial charge on any atom is 0.239 e. The first-order valence-electron chi connectivity index (χ1n) is 7.51. The van der Waals surface area contributed by atoms with E-state index in [2.05, 4.69) is 22.5 Å². The minimum absolute atomic E-state index is 0.139. The number of carbonyl (C=O) groups excluding carboxylic acids is 1. The Morgan fingerprint density at radius 2 is 2.00 bits per heavy atom. The van der Waals surface area contributed by atoms with Crippen molar-refractivity contribution < 1.29 is 4.79 Å². The van der Waals surface area contributed by atoms with E-state index in [0.29, 0.717) is 6.54 Å². The minimum atomic E-state index is -0.203. The number of amides is 1. The molecule has 0 saturated carbocycles. The van der Waals surface area contributed by atoms with Crippen LogP contribution in [0.1, 0.15) is 26.5 Å². The van der Waals surface area contributed by atoms with Gasteiger partial charge in [-0.05, 0) is 26.8 Å². The van der Waals surface area contributed by atoms with Gasteiger partial charge in [-0.25, -0.2) is 0 Å². The molecule has 0 bridgehead atoms. The number of carbonyl (C=O) groups is 1. The Balaban J connectivity index is 2.06. The van der Waals surface area contributed by atoms with Gasteiger partial charge in [-0.2, -0.15) is 5.10 Å². The van der Waals surface area contributed by atoms with Crippen LogP contribution in [0.25, 0.3) is 10.9 Å². The molecule has 1 N–H and O–H groups in total. The van der Waals surface area contributed by atoms with E-state index >= 15 is 0 Å². The van der Waals surface area contributed by atoms with Crippen molar-refractivity contribution in [1.29, 1.82) is 0 Å². The maximum atomic E-state index is 12.2. The van der Waals surface area contributed by atoms with Crippen LogP contribution in [0.5, 0.6) is 0 Å². The van der Waals surface area contributed by atoms with Crippen molar-refractivity contribution in [3.05, 3.63) is 30.0 Å². The van der Waals surface area contributed by atoms with Crippen molar-refractivity contribution in [2.45, 2.75) is 33.4 Å². The van der Waals surface area contributed by atoms with Crippen LogP contribution < -0.4 is 5.32 Å². The van der Waals surface area contributed by atoms with Crippen molar-refractivity contribution in [3.8, 4) is 0 Å². The summed E-state index contributed by atoms with van der Waals surface area (Å²) in [5, 5.41) is 8.96.